The standard InChI is InChI=1S/C25H25N5O3/c1-33-22-9-5-2-6-19(22)23(30-21-8-4-3-7-20(21)27-25(30)32)24(31)29-16-14-28(15-17-29)18-10-12-26-13-11-18/h2-13,23H,14-17H2,1H3,(H,27,32). The third kappa shape index (κ3) is 3.84. The molecule has 0 radical (unpaired) electrons. The predicted molar refractivity (Wildman–Crippen MR) is 127 cm³/mol. The zero-order chi connectivity index (χ0) is 22.8. The van der Waals surface area contributed by atoms with Gasteiger partial charge < -0.3 is 19.5 Å². The number of ether oxygens (including phenoxy) is 1. The molecular weight excluding hydrogens is 418 g/mol. The van der Waals surface area contributed by atoms with Gasteiger partial charge >= 0.3 is 5.69 Å². The summed E-state index contributed by atoms with van der Waals surface area (Å²) in [6.07, 6.45) is 3.54. The summed E-state index contributed by atoms with van der Waals surface area (Å²) >= 11 is 0. The molecule has 3 heterocycles. The largest absolute Gasteiger partial charge is 0.496 e. The Morgan fingerprint density at radius 3 is 2.42 bits per heavy atom. The van der Waals surface area contributed by atoms with Gasteiger partial charge in [-0.05, 0) is 30.3 Å². The number of fused-ring (bicyclic) bond motifs is 1. The molecule has 2 aromatic carbocycles. The number of hydrogen-bond acceptors (Lipinski definition) is 5. The van der Waals surface area contributed by atoms with E-state index in [-0.39, 0.29) is 11.6 Å². The molecule has 0 saturated carbocycles. The summed E-state index contributed by atoms with van der Waals surface area (Å²) in [4.78, 5) is 38.1. The molecule has 1 unspecified atom stereocenters. The number of pyridine rings is 1. The maximum Gasteiger partial charge on any atom is 0.327 e. The number of hydrogen-bond donors (Lipinski definition) is 1. The molecule has 1 saturated heterocycles. The van der Waals surface area contributed by atoms with Crippen LogP contribution in [0.2, 0.25) is 0 Å². The van der Waals surface area contributed by atoms with Gasteiger partial charge in [0.25, 0.3) is 5.91 Å². The lowest BCUT2D eigenvalue weighted by Crippen LogP contribution is -2.51. The third-order valence-electron chi connectivity index (χ3n) is 6.17. The molecular formula is C25H25N5O3. The van der Waals surface area contributed by atoms with Crippen molar-refractivity contribution in [3.8, 4) is 5.75 Å². The van der Waals surface area contributed by atoms with Crippen LogP contribution in [0.1, 0.15) is 11.6 Å². The van der Waals surface area contributed by atoms with Gasteiger partial charge in [0.2, 0.25) is 0 Å². The molecule has 1 amide bonds. The fraction of sp³-hybridized carbons (Fsp3) is 0.240. The second-order valence-corrected chi connectivity index (χ2v) is 7.98. The predicted octanol–water partition coefficient (Wildman–Crippen LogP) is 2.67. The first-order chi connectivity index (χ1) is 16.2. The Bertz CT molecular complexity index is 1320. The fourth-order valence-electron chi connectivity index (χ4n) is 4.52. The highest BCUT2D eigenvalue weighted by Gasteiger charge is 2.34. The maximum atomic E-state index is 14.0. The number of H-pyrrole nitrogens is 1. The minimum Gasteiger partial charge on any atom is -0.496 e. The van der Waals surface area contributed by atoms with Gasteiger partial charge in [-0.2, -0.15) is 0 Å². The van der Waals surface area contributed by atoms with E-state index in [4.69, 9.17) is 4.74 Å². The van der Waals surface area contributed by atoms with Gasteiger partial charge in [0.1, 0.15) is 11.8 Å². The molecule has 0 bridgehead atoms. The Balaban J connectivity index is 1.52. The lowest BCUT2D eigenvalue weighted by atomic mass is 10.0. The lowest BCUT2D eigenvalue weighted by Gasteiger charge is -2.37. The van der Waals surface area contributed by atoms with Crippen molar-refractivity contribution in [2.45, 2.75) is 6.04 Å². The number of carbonyl (C=O) groups is 1. The third-order valence-corrected chi connectivity index (χ3v) is 6.17. The second-order valence-electron chi connectivity index (χ2n) is 7.98. The molecule has 4 aromatic rings. The Morgan fingerprint density at radius 2 is 1.67 bits per heavy atom. The van der Waals surface area contributed by atoms with Crippen LogP contribution in [0.15, 0.2) is 77.9 Å². The van der Waals surface area contributed by atoms with E-state index in [1.807, 2.05) is 65.6 Å². The van der Waals surface area contributed by atoms with Crippen LogP contribution < -0.4 is 15.3 Å². The zero-order valence-electron chi connectivity index (χ0n) is 18.3. The zero-order valence-corrected chi connectivity index (χ0v) is 18.3. The average Bonchev–Trinajstić information content (AvgIpc) is 3.20. The number of imidazole rings is 1. The molecule has 168 valence electrons. The van der Waals surface area contributed by atoms with Crippen molar-refractivity contribution in [1.29, 1.82) is 0 Å². The highest BCUT2D eigenvalue weighted by atomic mass is 16.5. The topological polar surface area (TPSA) is 83.5 Å². The van der Waals surface area contributed by atoms with Crippen molar-refractivity contribution in [3.63, 3.8) is 0 Å². The molecule has 0 spiro atoms. The van der Waals surface area contributed by atoms with Crippen LogP contribution in [0.5, 0.6) is 5.75 Å². The molecule has 2 aromatic heterocycles. The highest BCUT2D eigenvalue weighted by molar-refractivity contribution is 5.87. The minimum absolute atomic E-state index is 0.124. The number of nitrogens with one attached hydrogen (secondary N) is 1. The van der Waals surface area contributed by atoms with E-state index >= 15 is 0 Å². The molecule has 33 heavy (non-hydrogen) atoms. The number of amides is 1. The van der Waals surface area contributed by atoms with Crippen LogP contribution in [0.4, 0.5) is 5.69 Å². The average molecular weight is 444 g/mol. The first-order valence-electron chi connectivity index (χ1n) is 10.9. The van der Waals surface area contributed by atoms with Crippen molar-refractivity contribution < 1.29 is 9.53 Å². The highest BCUT2D eigenvalue weighted by Crippen LogP contribution is 2.31. The summed E-state index contributed by atoms with van der Waals surface area (Å²) in [5, 5.41) is 0. The Hall–Kier alpha value is -4.07. The van der Waals surface area contributed by atoms with Crippen molar-refractivity contribution in [3.05, 3.63) is 89.1 Å². The second kappa shape index (κ2) is 8.82. The number of rotatable bonds is 5. The summed E-state index contributed by atoms with van der Waals surface area (Å²) < 4.78 is 7.12. The molecule has 1 aliphatic rings. The Morgan fingerprint density at radius 1 is 0.970 bits per heavy atom. The number of aromatic amines is 1. The summed E-state index contributed by atoms with van der Waals surface area (Å²) in [7, 11) is 1.58. The van der Waals surface area contributed by atoms with Gasteiger partial charge in [0, 0.05) is 49.8 Å². The molecule has 0 aliphatic carbocycles. The number of benzene rings is 2. The molecule has 8 nitrogen and oxygen atoms in total. The summed E-state index contributed by atoms with van der Waals surface area (Å²) in [5.41, 5.74) is 2.80. The first-order valence-corrected chi connectivity index (χ1v) is 10.9. The van der Waals surface area contributed by atoms with E-state index < -0.39 is 6.04 Å². The number of carbonyl (C=O) groups excluding carboxylic acids is 1. The Labute approximate surface area is 191 Å². The first kappa shape index (κ1) is 20.8. The molecule has 1 fully saturated rings. The Kier molecular flexibility index (Phi) is 5.56. The number of methoxy groups -OCH3 is 1. The van der Waals surface area contributed by atoms with Crippen LogP contribution >= 0.6 is 0 Å². The van der Waals surface area contributed by atoms with Crippen LogP contribution in [0.25, 0.3) is 11.0 Å². The number of anilines is 1. The molecule has 1 aliphatic heterocycles. The van der Waals surface area contributed by atoms with E-state index in [0.717, 1.165) is 5.69 Å². The fourth-order valence-corrected chi connectivity index (χ4v) is 4.52. The SMILES string of the molecule is COc1ccccc1C(C(=O)N1CCN(c2ccncc2)CC1)n1c(=O)[nH]c2ccccc21. The minimum atomic E-state index is -0.836. The van der Waals surface area contributed by atoms with Crippen LogP contribution in [0.3, 0.4) is 0 Å². The van der Waals surface area contributed by atoms with Crippen molar-refractivity contribution in [2.75, 3.05) is 38.2 Å². The van der Waals surface area contributed by atoms with Crippen LogP contribution in [0, 0.1) is 0 Å². The number of para-hydroxylation sites is 3. The van der Waals surface area contributed by atoms with Crippen molar-refractivity contribution in [1.82, 2.24) is 19.4 Å². The van der Waals surface area contributed by atoms with E-state index in [1.165, 1.54) is 0 Å². The monoisotopic (exact) mass is 443 g/mol. The van der Waals surface area contributed by atoms with Gasteiger partial charge in [-0.25, -0.2) is 4.79 Å². The summed E-state index contributed by atoms with van der Waals surface area (Å²) in [6, 6.07) is 17.9. The van der Waals surface area contributed by atoms with E-state index in [0.29, 0.717) is 48.5 Å². The lowest BCUT2D eigenvalue weighted by molar-refractivity contribution is -0.133. The molecule has 5 rings (SSSR count). The summed E-state index contributed by atoms with van der Waals surface area (Å²) in [6.45, 7) is 2.53. The van der Waals surface area contributed by atoms with E-state index in [2.05, 4.69) is 14.9 Å². The molecule has 1 N–H and O–H groups in total. The van der Waals surface area contributed by atoms with Crippen LogP contribution in [-0.2, 0) is 4.79 Å². The quantitative estimate of drug-likeness (QED) is 0.513. The van der Waals surface area contributed by atoms with Crippen molar-refractivity contribution in [2.24, 2.45) is 0 Å². The van der Waals surface area contributed by atoms with Gasteiger partial charge in [0.05, 0.1) is 18.1 Å². The number of nitrogens with zero attached hydrogens (tertiary/aromatic N) is 4. The van der Waals surface area contributed by atoms with Gasteiger partial charge in [-0.15, -0.1) is 0 Å². The number of aromatic nitrogens is 3. The van der Waals surface area contributed by atoms with Crippen LogP contribution in [-0.4, -0.2) is 58.6 Å². The van der Waals surface area contributed by atoms with Gasteiger partial charge in [-0.1, -0.05) is 30.3 Å². The van der Waals surface area contributed by atoms with Gasteiger partial charge in [-0.3, -0.25) is 14.3 Å². The van der Waals surface area contributed by atoms with E-state index in [9.17, 15) is 9.59 Å². The van der Waals surface area contributed by atoms with Gasteiger partial charge in [0.15, 0.2) is 0 Å². The number of piperazine rings is 1. The molecule has 8 heteroatoms. The summed E-state index contributed by atoms with van der Waals surface area (Å²) in [5.74, 6) is 0.448. The normalized spacial score (nSPS) is 14.9. The smallest absolute Gasteiger partial charge is 0.327 e. The van der Waals surface area contributed by atoms with Crippen molar-refractivity contribution >= 4 is 22.6 Å². The van der Waals surface area contributed by atoms with E-state index in [1.54, 1.807) is 24.1 Å². The maximum absolute atomic E-state index is 14.0. The molecule has 1 atom stereocenters.